The third-order valence-corrected chi connectivity index (χ3v) is 9.68. The first kappa shape index (κ1) is 38.1. The summed E-state index contributed by atoms with van der Waals surface area (Å²) in [5, 5.41) is 5.03. The molecule has 2 N–H and O–H groups in total. The number of nitrogens with one attached hydrogen (secondary N) is 2. The third-order valence-electron chi connectivity index (χ3n) is 9.68. The first-order valence-corrected chi connectivity index (χ1v) is 16.9. The maximum atomic E-state index is 13.8. The molecular formula is C41H33ClF6N4O2. The van der Waals surface area contributed by atoms with Crippen LogP contribution in [0.2, 0.25) is 0 Å². The average Bonchev–Trinajstić information content (AvgIpc) is 3.68. The number of hydrogen-bond donors (Lipinski definition) is 2. The molecule has 0 saturated heterocycles. The number of aryl methyl sites for hydroxylation is 1. The highest BCUT2D eigenvalue weighted by Gasteiger charge is 2.49. The lowest BCUT2D eigenvalue weighted by atomic mass is 9.73. The first-order chi connectivity index (χ1) is 25.3. The van der Waals surface area contributed by atoms with Crippen LogP contribution in [0.4, 0.5) is 32.0 Å². The Balaban J connectivity index is 0.00000497. The SMILES string of the molecule is Cl.O=C(Nc1ccc2c(c1)ncn2CCCCC1(C(=O)NCC(F)(F)F)c2ccccc2-c2ccccc21)c1ccccc1-c1ccc(C(F)(F)F)cc1. The molecule has 0 bridgehead atoms. The summed E-state index contributed by atoms with van der Waals surface area (Å²) in [5.41, 5.74) is 4.08. The highest BCUT2D eigenvalue weighted by molar-refractivity contribution is 6.09. The van der Waals surface area contributed by atoms with E-state index >= 15 is 0 Å². The highest BCUT2D eigenvalue weighted by Crippen LogP contribution is 2.51. The smallest absolute Gasteiger partial charge is 0.346 e. The number of unbranched alkanes of at least 4 members (excludes halogenated alkanes) is 1. The van der Waals surface area contributed by atoms with Gasteiger partial charge in [0.2, 0.25) is 5.91 Å². The van der Waals surface area contributed by atoms with Crippen LogP contribution in [0.1, 0.15) is 46.3 Å². The Bertz CT molecular complexity index is 2270. The fourth-order valence-corrected chi connectivity index (χ4v) is 7.25. The second-order valence-corrected chi connectivity index (χ2v) is 13.0. The number of nitrogens with zero attached hydrogens (tertiary/aromatic N) is 2. The van der Waals surface area contributed by atoms with Crippen LogP contribution >= 0.6 is 12.4 Å². The zero-order valence-electron chi connectivity index (χ0n) is 28.5. The van der Waals surface area contributed by atoms with Gasteiger partial charge in [0.1, 0.15) is 12.0 Å². The van der Waals surface area contributed by atoms with E-state index in [1.54, 1.807) is 54.9 Å². The van der Waals surface area contributed by atoms with Gasteiger partial charge < -0.3 is 15.2 Å². The maximum Gasteiger partial charge on any atom is 0.416 e. The number of benzene rings is 5. The zero-order chi connectivity index (χ0) is 37.4. The quantitative estimate of drug-likeness (QED) is 0.108. The predicted octanol–water partition coefficient (Wildman–Crippen LogP) is 10.2. The van der Waals surface area contributed by atoms with E-state index in [-0.39, 0.29) is 18.0 Å². The molecule has 7 rings (SSSR count). The highest BCUT2D eigenvalue weighted by atomic mass is 35.5. The molecule has 0 aliphatic heterocycles. The van der Waals surface area contributed by atoms with Gasteiger partial charge in [0.05, 0.1) is 22.9 Å². The summed E-state index contributed by atoms with van der Waals surface area (Å²) >= 11 is 0. The summed E-state index contributed by atoms with van der Waals surface area (Å²) in [6.45, 7) is -0.903. The Labute approximate surface area is 312 Å². The van der Waals surface area contributed by atoms with Crippen molar-refractivity contribution < 1.29 is 35.9 Å². The van der Waals surface area contributed by atoms with Crippen LogP contribution in [0.25, 0.3) is 33.3 Å². The molecule has 1 aliphatic rings. The molecule has 6 nitrogen and oxygen atoms in total. The zero-order valence-corrected chi connectivity index (χ0v) is 29.3. The van der Waals surface area contributed by atoms with Crippen molar-refractivity contribution in [3.63, 3.8) is 0 Å². The lowest BCUT2D eigenvalue weighted by molar-refractivity contribution is -0.141. The number of carbonyl (C=O) groups excluding carboxylic acids is 2. The maximum absolute atomic E-state index is 13.8. The fourth-order valence-electron chi connectivity index (χ4n) is 7.25. The Morgan fingerprint density at radius 1 is 0.722 bits per heavy atom. The molecule has 0 fully saturated rings. The number of amides is 2. The summed E-state index contributed by atoms with van der Waals surface area (Å²) in [4.78, 5) is 31.7. The summed E-state index contributed by atoms with van der Waals surface area (Å²) in [7, 11) is 0. The number of carbonyl (C=O) groups is 2. The summed E-state index contributed by atoms with van der Waals surface area (Å²) in [5.74, 6) is -1.13. The van der Waals surface area contributed by atoms with Gasteiger partial charge in [0.15, 0.2) is 0 Å². The van der Waals surface area contributed by atoms with Crippen LogP contribution in [0.3, 0.4) is 0 Å². The molecule has 0 unspecified atom stereocenters. The third kappa shape index (κ3) is 7.43. The summed E-state index contributed by atoms with van der Waals surface area (Å²) in [6.07, 6.45) is -5.94. The molecule has 278 valence electrons. The van der Waals surface area contributed by atoms with Gasteiger partial charge in [-0.05, 0) is 89.0 Å². The average molecular weight is 763 g/mol. The Morgan fingerprint density at radius 3 is 1.96 bits per heavy atom. The van der Waals surface area contributed by atoms with Crippen LogP contribution < -0.4 is 10.6 Å². The number of anilines is 1. The molecule has 5 aromatic carbocycles. The van der Waals surface area contributed by atoms with Crippen molar-refractivity contribution in [1.29, 1.82) is 0 Å². The van der Waals surface area contributed by atoms with Crippen molar-refractivity contribution in [1.82, 2.24) is 14.9 Å². The van der Waals surface area contributed by atoms with Crippen LogP contribution in [0.5, 0.6) is 0 Å². The van der Waals surface area contributed by atoms with E-state index in [1.807, 2.05) is 47.0 Å². The van der Waals surface area contributed by atoms with Gasteiger partial charge in [0, 0.05) is 17.8 Å². The number of hydrogen-bond acceptors (Lipinski definition) is 3. The van der Waals surface area contributed by atoms with E-state index < -0.39 is 41.7 Å². The lowest BCUT2D eigenvalue weighted by Crippen LogP contribution is -2.47. The summed E-state index contributed by atoms with van der Waals surface area (Å²) < 4.78 is 80.9. The molecule has 54 heavy (non-hydrogen) atoms. The van der Waals surface area contributed by atoms with Crippen molar-refractivity contribution in [3.05, 3.63) is 144 Å². The second-order valence-electron chi connectivity index (χ2n) is 13.0. The van der Waals surface area contributed by atoms with E-state index in [4.69, 9.17) is 0 Å². The summed E-state index contributed by atoms with van der Waals surface area (Å²) in [6, 6.07) is 31.2. The largest absolute Gasteiger partial charge is 0.416 e. The number of halogens is 7. The van der Waals surface area contributed by atoms with Crippen molar-refractivity contribution in [3.8, 4) is 22.3 Å². The standard InChI is InChI=1S/C41H32F6N4O2.ClH/c42-40(43,44)24-48-38(53)39(33-13-5-3-10-30(33)31-11-4-6-14-34(31)39)21-7-8-22-51-25-49-35-23-28(19-20-36(35)51)50-37(52)32-12-2-1-9-29(32)26-15-17-27(18-16-26)41(45,46)47;/h1-6,9-20,23,25H,7-8,21-22,24H2,(H,48,53)(H,50,52);1H. The minimum absolute atomic E-state index is 0. The fraction of sp³-hybridized carbons (Fsp3) is 0.195. The number of fused-ring (bicyclic) bond motifs is 4. The van der Waals surface area contributed by atoms with E-state index in [9.17, 15) is 35.9 Å². The van der Waals surface area contributed by atoms with Crippen molar-refractivity contribution in [2.24, 2.45) is 0 Å². The van der Waals surface area contributed by atoms with E-state index in [0.29, 0.717) is 59.3 Å². The molecule has 1 heterocycles. The van der Waals surface area contributed by atoms with Crippen LogP contribution in [-0.4, -0.2) is 34.1 Å². The lowest BCUT2D eigenvalue weighted by Gasteiger charge is -2.31. The van der Waals surface area contributed by atoms with Crippen molar-refractivity contribution >= 4 is 40.9 Å². The Morgan fingerprint density at radius 2 is 1.33 bits per heavy atom. The number of alkyl halides is 6. The van der Waals surface area contributed by atoms with Gasteiger partial charge >= 0.3 is 12.4 Å². The number of aromatic nitrogens is 2. The predicted molar refractivity (Wildman–Crippen MR) is 197 cm³/mol. The topological polar surface area (TPSA) is 76.0 Å². The molecule has 6 aromatic rings. The second kappa shape index (κ2) is 15.0. The van der Waals surface area contributed by atoms with Crippen LogP contribution in [0.15, 0.2) is 122 Å². The molecule has 13 heteroatoms. The van der Waals surface area contributed by atoms with Crippen LogP contribution in [0, 0.1) is 0 Å². The van der Waals surface area contributed by atoms with Gasteiger partial charge in [-0.15, -0.1) is 12.4 Å². The van der Waals surface area contributed by atoms with Crippen molar-refractivity contribution in [2.75, 3.05) is 11.9 Å². The monoisotopic (exact) mass is 762 g/mol. The van der Waals surface area contributed by atoms with Gasteiger partial charge in [-0.2, -0.15) is 26.3 Å². The number of rotatable bonds is 10. The van der Waals surface area contributed by atoms with Crippen molar-refractivity contribution in [2.45, 2.75) is 43.6 Å². The normalized spacial score (nSPS) is 13.1. The molecule has 0 atom stereocenters. The van der Waals surface area contributed by atoms with Gasteiger partial charge in [-0.1, -0.05) is 78.9 Å². The molecule has 0 radical (unpaired) electrons. The van der Waals surface area contributed by atoms with Gasteiger partial charge in [-0.3, -0.25) is 9.59 Å². The van der Waals surface area contributed by atoms with E-state index in [0.717, 1.165) is 28.8 Å². The molecule has 1 aromatic heterocycles. The minimum Gasteiger partial charge on any atom is -0.346 e. The molecule has 0 saturated carbocycles. The van der Waals surface area contributed by atoms with Gasteiger partial charge in [-0.25, -0.2) is 4.98 Å². The Hall–Kier alpha value is -5.62. The van der Waals surface area contributed by atoms with Gasteiger partial charge in [0.25, 0.3) is 5.91 Å². The molecular weight excluding hydrogens is 730 g/mol. The Kier molecular flexibility index (Phi) is 10.6. The minimum atomic E-state index is -4.56. The van der Waals surface area contributed by atoms with Crippen LogP contribution in [-0.2, 0) is 22.9 Å². The van der Waals surface area contributed by atoms with E-state index in [1.165, 1.54) is 12.1 Å². The van der Waals surface area contributed by atoms with E-state index in [2.05, 4.69) is 15.6 Å². The molecule has 0 spiro atoms. The molecule has 2 amide bonds. The molecule has 1 aliphatic carbocycles. The first-order valence-electron chi connectivity index (χ1n) is 16.9. The number of imidazole rings is 1.